The summed E-state index contributed by atoms with van der Waals surface area (Å²) in [5, 5.41) is 8.13. The minimum Gasteiger partial charge on any atom is -0.311 e. The van der Waals surface area contributed by atoms with Crippen molar-refractivity contribution in [3.8, 4) is 0 Å². The number of hydrogen-bond donors (Lipinski definition) is 1. The lowest BCUT2D eigenvalue weighted by Crippen LogP contribution is -2.47. The third kappa shape index (κ3) is 2.56. The first-order chi connectivity index (χ1) is 9.17. The lowest BCUT2D eigenvalue weighted by atomic mass is 9.96. The van der Waals surface area contributed by atoms with Crippen LogP contribution in [-0.2, 0) is 6.54 Å². The summed E-state index contributed by atoms with van der Waals surface area (Å²) in [6.45, 7) is 5.39. The van der Waals surface area contributed by atoms with Gasteiger partial charge >= 0.3 is 0 Å². The van der Waals surface area contributed by atoms with Gasteiger partial charge in [-0.1, -0.05) is 0 Å². The van der Waals surface area contributed by atoms with Gasteiger partial charge in [-0.2, -0.15) is 5.10 Å². The minimum atomic E-state index is 0.461. The van der Waals surface area contributed by atoms with E-state index in [4.69, 9.17) is 0 Å². The molecule has 0 aliphatic carbocycles. The van der Waals surface area contributed by atoms with Crippen LogP contribution in [0.15, 0.2) is 12.4 Å². The van der Waals surface area contributed by atoms with Gasteiger partial charge in [0.25, 0.3) is 0 Å². The molecular weight excluding hydrogens is 236 g/mol. The summed E-state index contributed by atoms with van der Waals surface area (Å²) >= 11 is 0. The molecule has 0 amide bonds. The molecule has 3 heterocycles. The van der Waals surface area contributed by atoms with Gasteiger partial charge in [0.15, 0.2) is 0 Å². The van der Waals surface area contributed by atoms with Crippen LogP contribution in [0.5, 0.6) is 0 Å². The zero-order valence-electron chi connectivity index (χ0n) is 12.3. The number of aryl methyl sites for hydroxylation is 1. The molecule has 3 rings (SSSR count). The lowest BCUT2D eigenvalue weighted by molar-refractivity contribution is 0.132. The van der Waals surface area contributed by atoms with Gasteiger partial charge in [-0.15, -0.1) is 0 Å². The Labute approximate surface area is 116 Å². The fourth-order valence-electron chi connectivity index (χ4n) is 3.68. The third-order valence-corrected chi connectivity index (χ3v) is 5.09. The Kier molecular flexibility index (Phi) is 3.63. The van der Waals surface area contributed by atoms with E-state index in [0.717, 1.165) is 24.7 Å². The van der Waals surface area contributed by atoms with Crippen LogP contribution in [-0.4, -0.2) is 39.9 Å². The van der Waals surface area contributed by atoms with Gasteiger partial charge in [0, 0.05) is 42.5 Å². The molecule has 4 heteroatoms. The fourth-order valence-corrected chi connectivity index (χ4v) is 3.68. The van der Waals surface area contributed by atoms with Crippen LogP contribution in [0.1, 0.15) is 51.1 Å². The average Bonchev–Trinajstić information content (AvgIpc) is 3.03. The van der Waals surface area contributed by atoms with Crippen LogP contribution in [0.4, 0.5) is 0 Å². The van der Waals surface area contributed by atoms with Gasteiger partial charge in [-0.05, 0) is 46.6 Å². The van der Waals surface area contributed by atoms with Crippen LogP contribution in [0.25, 0.3) is 0 Å². The average molecular weight is 262 g/mol. The molecule has 2 aliphatic rings. The van der Waals surface area contributed by atoms with Crippen molar-refractivity contribution in [3.63, 3.8) is 0 Å². The molecular formula is C15H26N4. The quantitative estimate of drug-likeness (QED) is 0.903. The van der Waals surface area contributed by atoms with E-state index in [1.807, 2.05) is 10.9 Å². The molecule has 106 valence electrons. The summed E-state index contributed by atoms with van der Waals surface area (Å²) < 4.78 is 2.02. The van der Waals surface area contributed by atoms with E-state index in [9.17, 15) is 0 Å². The molecule has 0 radical (unpaired) electrons. The number of nitrogens with one attached hydrogen (secondary N) is 1. The normalized spacial score (nSPS) is 31.9. The van der Waals surface area contributed by atoms with Gasteiger partial charge in [-0.25, -0.2) is 0 Å². The first-order valence-electron chi connectivity index (χ1n) is 7.67. The van der Waals surface area contributed by atoms with Gasteiger partial charge in [0.2, 0.25) is 0 Å². The lowest BCUT2D eigenvalue weighted by Gasteiger charge is -2.38. The summed E-state index contributed by atoms with van der Waals surface area (Å²) in [7, 11) is 2.28. The SMILES string of the molecule is CCn1cc(C(C)N(C)C2CC3CCC(C2)N3)cn1. The number of rotatable bonds is 4. The van der Waals surface area contributed by atoms with Crippen LogP contribution in [0, 0.1) is 0 Å². The Balaban J connectivity index is 1.67. The van der Waals surface area contributed by atoms with Crippen molar-refractivity contribution in [2.75, 3.05) is 7.05 Å². The summed E-state index contributed by atoms with van der Waals surface area (Å²) in [6.07, 6.45) is 9.57. The molecule has 2 bridgehead atoms. The summed E-state index contributed by atoms with van der Waals surface area (Å²) in [4.78, 5) is 2.56. The molecule has 19 heavy (non-hydrogen) atoms. The van der Waals surface area contributed by atoms with E-state index < -0.39 is 0 Å². The summed E-state index contributed by atoms with van der Waals surface area (Å²) in [5.41, 5.74) is 1.34. The van der Waals surface area contributed by atoms with E-state index in [1.165, 1.54) is 31.2 Å². The highest BCUT2D eigenvalue weighted by Crippen LogP contribution is 2.32. The minimum absolute atomic E-state index is 0.461. The molecule has 0 aromatic carbocycles. The number of hydrogen-bond acceptors (Lipinski definition) is 3. The van der Waals surface area contributed by atoms with Gasteiger partial charge < -0.3 is 5.32 Å². The van der Waals surface area contributed by atoms with Crippen molar-refractivity contribution in [1.29, 1.82) is 0 Å². The Hall–Kier alpha value is -0.870. The molecule has 0 spiro atoms. The zero-order valence-corrected chi connectivity index (χ0v) is 12.3. The molecule has 0 saturated carbocycles. The topological polar surface area (TPSA) is 33.1 Å². The molecule has 1 aromatic heterocycles. The van der Waals surface area contributed by atoms with Crippen molar-refractivity contribution in [3.05, 3.63) is 18.0 Å². The molecule has 3 unspecified atom stereocenters. The van der Waals surface area contributed by atoms with Crippen LogP contribution >= 0.6 is 0 Å². The van der Waals surface area contributed by atoms with Gasteiger partial charge in [-0.3, -0.25) is 9.58 Å². The van der Waals surface area contributed by atoms with Crippen molar-refractivity contribution >= 4 is 0 Å². The standard InChI is InChI=1S/C15H26N4/c1-4-19-10-12(9-16-19)11(2)18(3)15-7-13-5-6-14(8-15)17-13/h9-11,13-15,17H,4-8H2,1-3H3. The molecule has 2 saturated heterocycles. The maximum absolute atomic E-state index is 4.40. The number of aromatic nitrogens is 2. The number of fused-ring (bicyclic) bond motifs is 2. The molecule has 3 atom stereocenters. The van der Waals surface area contributed by atoms with E-state index in [0.29, 0.717) is 6.04 Å². The second kappa shape index (κ2) is 5.25. The first kappa shape index (κ1) is 13.1. The highest BCUT2D eigenvalue weighted by molar-refractivity contribution is 5.10. The second-order valence-electron chi connectivity index (χ2n) is 6.23. The van der Waals surface area contributed by atoms with Crippen molar-refractivity contribution in [2.24, 2.45) is 0 Å². The Morgan fingerprint density at radius 3 is 2.68 bits per heavy atom. The van der Waals surface area contributed by atoms with Gasteiger partial charge in [0.05, 0.1) is 6.20 Å². The van der Waals surface area contributed by atoms with Crippen molar-refractivity contribution < 1.29 is 0 Å². The Morgan fingerprint density at radius 1 is 1.42 bits per heavy atom. The molecule has 4 nitrogen and oxygen atoms in total. The summed E-state index contributed by atoms with van der Waals surface area (Å²) in [6, 6.07) is 2.70. The maximum atomic E-state index is 4.40. The van der Waals surface area contributed by atoms with E-state index >= 15 is 0 Å². The zero-order chi connectivity index (χ0) is 13.4. The predicted octanol–water partition coefficient (Wildman–Crippen LogP) is 2.18. The second-order valence-corrected chi connectivity index (χ2v) is 6.23. The Bertz CT molecular complexity index is 416. The van der Waals surface area contributed by atoms with Gasteiger partial charge in [0.1, 0.15) is 0 Å². The van der Waals surface area contributed by atoms with E-state index in [2.05, 4.69) is 42.4 Å². The van der Waals surface area contributed by atoms with Crippen molar-refractivity contribution in [2.45, 2.75) is 70.2 Å². The third-order valence-electron chi connectivity index (χ3n) is 5.09. The molecule has 2 aliphatic heterocycles. The first-order valence-corrected chi connectivity index (χ1v) is 7.67. The molecule has 1 N–H and O–H groups in total. The highest BCUT2D eigenvalue weighted by atomic mass is 15.3. The highest BCUT2D eigenvalue weighted by Gasteiger charge is 2.36. The van der Waals surface area contributed by atoms with E-state index in [-0.39, 0.29) is 0 Å². The monoisotopic (exact) mass is 262 g/mol. The van der Waals surface area contributed by atoms with Crippen molar-refractivity contribution in [1.82, 2.24) is 20.0 Å². The Morgan fingerprint density at radius 2 is 2.11 bits per heavy atom. The van der Waals surface area contributed by atoms with Crippen LogP contribution in [0.2, 0.25) is 0 Å². The maximum Gasteiger partial charge on any atom is 0.0537 e. The fraction of sp³-hybridized carbons (Fsp3) is 0.800. The number of nitrogens with zero attached hydrogens (tertiary/aromatic N) is 3. The summed E-state index contributed by atoms with van der Waals surface area (Å²) in [5.74, 6) is 0. The predicted molar refractivity (Wildman–Crippen MR) is 77.0 cm³/mol. The number of piperidine rings is 1. The van der Waals surface area contributed by atoms with Crippen LogP contribution in [0.3, 0.4) is 0 Å². The van der Waals surface area contributed by atoms with Crippen LogP contribution < -0.4 is 5.32 Å². The largest absolute Gasteiger partial charge is 0.311 e. The van der Waals surface area contributed by atoms with E-state index in [1.54, 1.807) is 0 Å². The molecule has 2 fully saturated rings. The smallest absolute Gasteiger partial charge is 0.0537 e. The molecule has 1 aromatic rings.